The summed E-state index contributed by atoms with van der Waals surface area (Å²) >= 11 is 0. The number of nitrogens with zero attached hydrogens (tertiary/aromatic N) is 5. The molecule has 156 valence electrons. The predicted molar refractivity (Wildman–Crippen MR) is 119 cm³/mol. The first-order valence-corrected chi connectivity index (χ1v) is 9.85. The summed E-state index contributed by atoms with van der Waals surface area (Å²) in [6, 6.07) is 10.9. The molecular formula is C23H22FN7. The largest absolute Gasteiger partial charge is 0.377 e. The number of anilines is 3. The van der Waals surface area contributed by atoms with E-state index in [-0.39, 0.29) is 11.9 Å². The maximum absolute atomic E-state index is 13.7. The molecule has 1 unspecified atom stereocenters. The number of nitrogens with one attached hydrogen (secondary N) is 2. The highest BCUT2D eigenvalue weighted by molar-refractivity contribution is 5.99. The van der Waals surface area contributed by atoms with Crippen molar-refractivity contribution in [2.45, 2.75) is 26.8 Å². The van der Waals surface area contributed by atoms with Gasteiger partial charge in [-0.1, -0.05) is 5.21 Å². The van der Waals surface area contributed by atoms with E-state index in [4.69, 9.17) is 0 Å². The van der Waals surface area contributed by atoms with Crippen molar-refractivity contribution < 1.29 is 4.39 Å². The molecule has 0 amide bonds. The summed E-state index contributed by atoms with van der Waals surface area (Å²) in [6.07, 6.45) is 3.42. The maximum atomic E-state index is 13.7. The lowest BCUT2D eigenvalue weighted by atomic mass is 10.0. The molecule has 0 fully saturated rings. The van der Waals surface area contributed by atoms with E-state index >= 15 is 0 Å². The molecule has 2 aromatic carbocycles. The number of nitriles is 1. The van der Waals surface area contributed by atoms with E-state index in [0.29, 0.717) is 22.5 Å². The molecule has 2 N–H and O–H groups in total. The Bertz CT molecular complexity index is 1320. The monoisotopic (exact) mass is 415 g/mol. The third-order valence-electron chi connectivity index (χ3n) is 5.16. The Morgan fingerprint density at radius 3 is 2.58 bits per heavy atom. The Morgan fingerprint density at radius 2 is 1.90 bits per heavy atom. The lowest BCUT2D eigenvalue weighted by Gasteiger charge is -2.17. The standard InChI is InChI=1S/C23H22FN7/c1-13-7-17(5-6-20(13)24)28-23-16(10-25)11-26-22-14(2)8-18(9-19(22)23)27-15(3)21-12-31(4)30-29-21/h5-9,11-12,15,27H,1-4H3,(H,26,28). The molecule has 7 nitrogen and oxygen atoms in total. The summed E-state index contributed by atoms with van der Waals surface area (Å²) in [6.45, 7) is 5.69. The van der Waals surface area contributed by atoms with E-state index in [2.05, 4.69) is 32.0 Å². The van der Waals surface area contributed by atoms with E-state index in [1.807, 2.05) is 39.2 Å². The Morgan fingerprint density at radius 1 is 1.13 bits per heavy atom. The van der Waals surface area contributed by atoms with Crippen molar-refractivity contribution in [1.29, 1.82) is 5.26 Å². The highest BCUT2D eigenvalue weighted by Gasteiger charge is 2.15. The second-order valence-electron chi connectivity index (χ2n) is 7.62. The van der Waals surface area contributed by atoms with Gasteiger partial charge in [-0.05, 0) is 62.2 Å². The lowest BCUT2D eigenvalue weighted by molar-refractivity contribution is 0.619. The first-order chi connectivity index (χ1) is 14.9. The van der Waals surface area contributed by atoms with Crippen molar-refractivity contribution in [2.75, 3.05) is 10.6 Å². The second kappa shape index (κ2) is 8.03. The van der Waals surface area contributed by atoms with E-state index in [1.165, 1.54) is 6.07 Å². The van der Waals surface area contributed by atoms with E-state index in [1.54, 1.807) is 29.9 Å². The Kier molecular flexibility index (Phi) is 5.26. The van der Waals surface area contributed by atoms with Gasteiger partial charge in [-0.25, -0.2) is 4.39 Å². The van der Waals surface area contributed by atoms with E-state index in [0.717, 1.165) is 27.8 Å². The smallest absolute Gasteiger partial charge is 0.126 e. The van der Waals surface area contributed by atoms with Gasteiger partial charge in [-0.2, -0.15) is 5.26 Å². The topological polar surface area (TPSA) is 91.5 Å². The first kappa shape index (κ1) is 20.3. The quantitative estimate of drug-likeness (QED) is 0.481. The van der Waals surface area contributed by atoms with Gasteiger partial charge in [0.25, 0.3) is 0 Å². The van der Waals surface area contributed by atoms with Gasteiger partial charge in [0.05, 0.1) is 29.0 Å². The summed E-state index contributed by atoms with van der Waals surface area (Å²) in [7, 11) is 1.83. The van der Waals surface area contributed by atoms with Crippen molar-refractivity contribution in [3.05, 3.63) is 70.9 Å². The number of fused-ring (bicyclic) bond motifs is 1. The third kappa shape index (κ3) is 4.03. The highest BCUT2D eigenvalue weighted by atomic mass is 19.1. The van der Waals surface area contributed by atoms with Crippen LogP contribution < -0.4 is 10.6 Å². The van der Waals surface area contributed by atoms with Gasteiger partial charge in [0.2, 0.25) is 0 Å². The molecule has 2 heterocycles. The minimum absolute atomic E-state index is 0.0613. The number of hydrogen-bond donors (Lipinski definition) is 2. The van der Waals surface area contributed by atoms with Crippen LogP contribution in [0.5, 0.6) is 0 Å². The van der Waals surface area contributed by atoms with Crippen LogP contribution in [0.25, 0.3) is 10.9 Å². The minimum atomic E-state index is -0.272. The third-order valence-corrected chi connectivity index (χ3v) is 5.16. The normalized spacial score (nSPS) is 11.9. The highest BCUT2D eigenvalue weighted by Crippen LogP contribution is 2.34. The molecule has 2 aromatic heterocycles. The van der Waals surface area contributed by atoms with Gasteiger partial charge in [0.1, 0.15) is 17.6 Å². The van der Waals surface area contributed by atoms with Crippen LogP contribution in [0.15, 0.2) is 42.7 Å². The van der Waals surface area contributed by atoms with Gasteiger partial charge in [0.15, 0.2) is 0 Å². The van der Waals surface area contributed by atoms with Gasteiger partial charge < -0.3 is 10.6 Å². The van der Waals surface area contributed by atoms with Crippen molar-refractivity contribution >= 4 is 28.0 Å². The van der Waals surface area contributed by atoms with Crippen molar-refractivity contribution in [3.63, 3.8) is 0 Å². The van der Waals surface area contributed by atoms with Gasteiger partial charge >= 0.3 is 0 Å². The molecule has 1 atom stereocenters. The SMILES string of the molecule is Cc1cc(Nc2c(C#N)cnc3c(C)cc(NC(C)c4cn(C)nn4)cc23)ccc1F. The summed E-state index contributed by atoms with van der Waals surface area (Å²) in [4.78, 5) is 4.49. The molecule has 0 radical (unpaired) electrons. The summed E-state index contributed by atoms with van der Waals surface area (Å²) in [5.74, 6) is -0.272. The van der Waals surface area contributed by atoms with Crippen LogP contribution in [0.4, 0.5) is 21.5 Å². The Hall–Kier alpha value is -3.99. The van der Waals surface area contributed by atoms with Crippen LogP contribution in [0.1, 0.15) is 35.3 Å². The van der Waals surface area contributed by atoms with Crippen LogP contribution in [0.2, 0.25) is 0 Å². The van der Waals surface area contributed by atoms with E-state index < -0.39 is 0 Å². The number of pyridine rings is 1. The van der Waals surface area contributed by atoms with Crippen LogP contribution in [-0.2, 0) is 7.05 Å². The van der Waals surface area contributed by atoms with Crippen LogP contribution in [0.3, 0.4) is 0 Å². The zero-order valence-corrected chi connectivity index (χ0v) is 17.7. The molecule has 0 saturated carbocycles. The maximum Gasteiger partial charge on any atom is 0.126 e. The fraction of sp³-hybridized carbons (Fsp3) is 0.217. The number of hydrogen-bond acceptors (Lipinski definition) is 6. The molecule has 0 aliphatic rings. The van der Waals surface area contributed by atoms with Gasteiger partial charge in [0, 0.05) is 30.0 Å². The molecule has 0 saturated heterocycles. The molecular weight excluding hydrogens is 393 g/mol. The Balaban J connectivity index is 1.78. The fourth-order valence-corrected chi connectivity index (χ4v) is 3.54. The molecule has 0 spiro atoms. The van der Waals surface area contributed by atoms with Crippen molar-refractivity contribution in [3.8, 4) is 6.07 Å². The molecule has 0 aliphatic heterocycles. The molecule has 0 bridgehead atoms. The van der Waals surface area contributed by atoms with Crippen LogP contribution in [0, 0.1) is 31.0 Å². The molecule has 8 heteroatoms. The predicted octanol–water partition coefficient (Wildman–Crippen LogP) is 4.91. The number of aryl methyl sites for hydroxylation is 3. The average molecular weight is 415 g/mol. The van der Waals surface area contributed by atoms with Gasteiger partial charge in [-0.3, -0.25) is 9.67 Å². The second-order valence-corrected chi connectivity index (χ2v) is 7.62. The number of rotatable bonds is 5. The minimum Gasteiger partial charge on any atom is -0.377 e. The lowest BCUT2D eigenvalue weighted by Crippen LogP contribution is -2.08. The van der Waals surface area contributed by atoms with Crippen LogP contribution in [-0.4, -0.2) is 20.0 Å². The number of benzene rings is 2. The fourth-order valence-electron chi connectivity index (χ4n) is 3.54. The van der Waals surface area contributed by atoms with Crippen molar-refractivity contribution in [1.82, 2.24) is 20.0 Å². The van der Waals surface area contributed by atoms with Crippen molar-refractivity contribution in [2.24, 2.45) is 7.05 Å². The number of aromatic nitrogens is 4. The molecule has 0 aliphatic carbocycles. The Labute approximate surface area is 179 Å². The zero-order valence-electron chi connectivity index (χ0n) is 17.7. The zero-order chi connectivity index (χ0) is 22.1. The number of halogens is 1. The van der Waals surface area contributed by atoms with E-state index in [9.17, 15) is 9.65 Å². The average Bonchev–Trinajstić information content (AvgIpc) is 3.18. The van der Waals surface area contributed by atoms with Gasteiger partial charge in [-0.15, -0.1) is 5.10 Å². The summed E-state index contributed by atoms with van der Waals surface area (Å²) in [5.41, 5.74) is 5.73. The summed E-state index contributed by atoms with van der Waals surface area (Å²) < 4.78 is 15.4. The van der Waals surface area contributed by atoms with Crippen LogP contribution >= 0.6 is 0 Å². The molecule has 4 aromatic rings. The molecule has 31 heavy (non-hydrogen) atoms. The summed E-state index contributed by atoms with van der Waals surface area (Å²) in [5, 5.41) is 25.4. The first-order valence-electron chi connectivity index (χ1n) is 9.85. The molecule has 4 rings (SSSR count).